The summed E-state index contributed by atoms with van der Waals surface area (Å²) in [4.78, 5) is 13.8. The molecule has 14 heavy (non-hydrogen) atoms. The lowest BCUT2D eigenvalue weighted by Crippen LogP contribution is -2.49. The smallest absolute Gasteiger partial charge is 0.318 e. The Labute approximate surface area is 85.8 Å². The van der Waals surface area contributed by atoms with Crippen molar-refractivity contribution in [2.45, 2.75) is 57.5 Å². The van der Waals surface area contributed by atoms with Crippen molar-refractivity contribution in [3.8, 4) is 0 Å². The van der Waals surface area contributed by atoms with Crippen LogP contribution in [0.1, 0.15) is 46.0 Å². The molecule has 0 radical (unpaired) electrons. The second-order valence-corrected chi connectivity index (χ2v) is 5.13. The third kappa shape index (κ3) is 1.60. The average Bonchev–Trinajstić information content (AvgIpc) is 2.42. The molecule has 3 nitrogen and oxygen atoms in total. The zero-order valence-corrected chi connectivity index (χ0v) is 9.18. The molecule has 2 amide bonds. The van der Waals surface area contributed by atoms with Gasteiger partial charge in [-0.3, -0.25) is 0 Å². The average molecular weight is 196 g/mol. The molecule has 1 saturated heterocycles. The van der Waals surface area contributed by atoms with Crippen molar-refractivity contribution in [2.24, 2.45) is 0 Å². The number of urea groups is 1. The van der Waals surface area contributed by atoms with E-state index >= 15 is 0 Å². The second kappa shape index (κ2) is 3.44. The van der Waals surface area contributed by atoms with Gasteiger partial charge in [0.25, 0.3) is 0 Å². The Morgan fingerprint density at radius 1 is 1.29 bits per heavy atom. The van der Waals surface area contributed by atoms with E-state index in [2.05, 4.69) is 24.1 Å². The molecular formula is C11H20N2O. The van der Waals surface area contributed by atoms with Crippen LogP contribution < -0.4 is 5.32 Å². The molecule has 0 bridgehead atoms. The zero-order chi connectivity index (χ0) is 10.2. The molecule has 1 heterocycles. The number of nitrogens with one attached hydrogen (secondary N) is 1. The van der Waals surface area contributed by atoms with Gasteiger partial charge in [-0.1, -0.05) is 19.3 Å². The van der Waals surface area contributed by atoms with Gasteiger partial charge in [0.2, 0.25) is 0 Å². The van der Waals surface area contributed by atoms with E-state index in [4.69, 9.17) is 0 Å². The van der Waals surface area contributed by atoms with Crippen LogP contribution in [0.5, 0.6) is 0 Å². The topological polar surface area (TPSA) is 32.3 Å². The van der Waals surface area contributed by atoms with Gasteiger partial charge in [0, 0.05) is 12.6 Å². The largest absolute Gasteiger partial charge is 0.336 e. The fraction of sp³-hybridized carbons (Fsp3) is 0.909. The monoisotopic (exact) mass is 196 g/mol. The summed E-state index contributed by atoms with van der Waals surface area (Å²) < 4.78 is 0. The van der Waals surface area contributed by atoms with Crippen LogP contribution >= 0.6 is 0 Å². The molecule has 3 heteroatoms. The van der Waals surface area contributed by atoms with Crippen molar-refractivity contribution in [3.05, 3.63) is 0 Å². The van der Waals surface area contributed by atoms with E-state index in [0.717, 1.165) is 6.54 Å². The van der Waals surface area contributed by atoms with Gasteiger partial charge in [-0.25, -0.2) is 4.79 Å². The molecule has 2 fully saturated rings. The van der Waals surface area contributed by atoms with Crippen molar-refractivity contribution in [1.29, 1.82) is 0 Å². The number of amides is 2. The number of hydrogen-bond donors (Lipinski definition) is 1. The molecule has 0 spiro atoms. The van der Waals surface area contributed by atoms with Crippen LogP contribution in [0.2, 0.25) is 0 Å². The molecule has 2 rings (SSSR count). The van der Waals surface area contributed by atoms with Crippen LogP contribution in [-0.2, 0) is 0 Å². The Morgan fingerprint density at radius 2 is 1.93 bits per heavy atom. The summed E-state index contributed by atoms with van der Waals surface area (Å²) in [6.07, 6.45) is 6.29. The standard InChI is InChI=1S/C11H20N2O/c1-11(2)8-12-10(14)13(11)9-6-4-3-5-7-9/h9H,3-8H2,1-2H3,(H,12,14). The maximum atomic E-state index is 11.7. The lowest BCUT2D eigenvalue weighted by atomic mass is 9.91. The molecular weight excluding hydrogens is 176 g/mol. The summed E-state index contributed by atoms with van der Waals surface area (Å²) in [6.45, 7) is 5.10. The molecule has 0 atom stereocenters. The molecule has 2 aliphatic rings. The van der Waals surface area contributed by atoms with Crippen LogP contribution in [0.3, 0.4) is 0 Å². The Bertz CT molecular complexity index is 231. The fourth-order valence-electron chi connectivity index (χ4n) is 2.74. The summed E-state index contributed by atoms with van der Waals surface area (Å²) in [5.74, 6) is 0. The molecule has 1 N–H and O–H groups in total. The van der Waals surface area contributed by atoms with Gasteiger partial charge in [-0.15, -0.1) is 0 Å². The highest BCUT2D eigenvalue weighted by atomic mass is 16.2. The summed E-state index contributed by atoms with van der Waals surface area (Å²) in [6, 6.07) is 0.628. The van der Waals surface area contributed by atoms with Gasteiger partial charge < -0.3 is 10.2 Å². The van der Waals surface area contributed by atoms with E-state index in [1.807, 2.05) is 0 Å². The Morgan fingerprint density at radius 3 is 2.43 bits per heavy atom. The minimum absolute atomic E-state index is 0.0130. The first-order valence-corrected chi connectivity index (χ1v) is 5.68. The van der Waals surface area contributed by atoms with E-state index in [1.165, 1.54) is 32.1 Å². The first-order valence-electron chi connectivity index (χ1n) is 5.68. The molecule has 0 aromatic carbocycles. The molecule has 0 unspecified atom stereocenters. The van der Waals surface area contributed by atoms with Gasteiger partial charge in [0.05, 0.1) is 5.54 Å². The number of carbonyl (C=O) groups excluding carboxylic acids is 1. The predicted octanol–water partition coefficient (Wildman–Crippen LogP) is 2.12. The van der Waals surface area contributed by atoms with Gasteiger partial charge in [-0.05, 0) is 26.7 Å². The lowest BCUT2D eigenvalue weighted by molar-refractivity contribution is 0.117. The molecule has 1 saturated carbocycles. The van der Waals surface area contributed by atoms with E-state index in [-0.39, 0.29) is 11.6 Å². The summed E-state index contributed by atoms with van der Waals surface area (Å²) in [5.41, 5.74) is 0.0130. The van der Waals surface area contributed by atoms with Crippen LogP contribution in [0.25, 0.3) is 0 Å². The van der Waals surface area contributed by atoms with E-state index in [1.54, 1.807) is 0 Å². The highest BCUT2D eigenvalue weighted by molar-refractivity contribution is 5.78. The van der Waals surface area contributed by atoms with Crippen LogP contribution in [0, 0.1) is 0 Å². The number of hydrogen-bond acceptors (Lipinski definition) is 1. The second-order valence-electron chi connectivity index (χ2n) is 5.13. The van der Waals surface area contributed by atoms with E-state index < -0.39 is 0 Å². The van der Waals surface area contributed by atoms with Gasteiger partial charge >= 0.3 is 6.03 Å². The van der Waals surface area contributed by atoms with Gasteiger partial charge in [0.1, 0.15) is 0 Å². The molecule has 1 aliphatic heterocycles. The van der Waals surface area contributed by atoms with Gasteiger partial charge in [-0.2, -0.15) is 0 Å². The summed E-state index contributed by atoms with van der Waals surface area (Å²) in [7, 11) is 0. The summed E-state index contributed by atoms with van der Waals surface area (Å²) in [5, 5.41) is 2.94. The lowest BCUT2D eigenvalue weighted by Gasteiger charge is -2.38. The minimum atomic E-state index is 0.0130. The molecule has 0 aromatic rings. The van der Waals surface area contributed by atoms with Crippen LogP contribution in [-0.4, -0.2) is 29.1 Å². The predicted molar refractivity (Wildman–Crippen MR) is 56.2 cm³/mol. The maximum Gasteiger partial charge on any atom is 0.318 e. The Balaban J connectivity index is 2.10. The van der Waals surface area contributed by atoms with Crippen molar-refractivity contribution in [2.75, 3.05) is 6.54 Å². The first-order chi connectivity index (χ1) is 6.61. The molecule has 80 valence electrons. The number of rotatable bonds is 1. The number of carbonyl (C=O) groups is 1. The normalized spacial score (nSPS) is 27.9. The third-order valence-corrected chi connectivity index (χ3v) is 3.48. The highest BCUT2D eigenvalue weighted by Crippen LogP contribution is 2.30. The van der Waals surface area contributed by atoms with E-state index in [9.17, 15) is 4.79 Å². The molecule has 0 aromatic heterocycles. The molecule has 1 aliphatic carbocycles. The van der Waals surface area contributed by atoms with Crippen molar-refractivity contribution in [3.63, 3.8) is 0 Å². The van der Waals surface area contributed by atoms with Crippen molar-refractivity contribution >= 4 is 6.03 Å². The SMILES string of the molecule is CC1(C)CNC(=O)N1C1CCCCC1. The summed E-state index contributed by atoms with van der Waals surface area (Å²) >= 11 is 0. The van der Waals surface area contributed by atoms with Gasteiger partial charge in [0.15, 0.2) is 0 Å². The van der Waals surface area contributed by atoms with E-state index in [0.29, 0.717) is 6.04 Å². The number of nitrogens with zero attached hydrogens (tertiary/aromatic N) is 1. The van der Waals surface area contributed by atoms with Crippen molar-refractivity contribution in [1.82, 2.24) is 10.2 Å². The van der Waals surface area contributed by atoms with Crippen molar-refractivity contribution < 1.29 is 4.79 Å². The maximum absolute atomic E-state index is 11.7. The fourth-order valence-corrected chi connectivity index (χ4v) is 2.74. The van der Waals surface area contributed by atoms with Crippen LogP contribution in [0.15, 0.2) is 0 Å². The first kappa shape index (κ1) is 9.81. The zero-order valence-electron chi connectivity index (χ0n) is 9.18. The Hall–Kier alpha value is -0.730. The Kier molecular flexibility index (Phi) is 2.41. The minimum Gasteiger partial charge on any atom is -0.336 e. The highest BCUT2D eigenvalue weighted by Gasteiger charge is 2.41. The quantitative estimate of drug-likeness (QED) is 0.684. The van der Waals surface area contributed by atoms with Crippen LogP contribution in [0.4, 0.5) is 4.79 Å². The third-order valence-electron chi connectivity index (χ3n) is 3.48.